The summed E-state index contributed by atoms with van der Waals surface area (Å²) in [6.07, 6.45) is 9.92. The number of nitrogens with zero attached hydrogens (tertiary/aromatic N) is 4. The zero-order chi connectivity index (χ0) is 23.5. The Labute approximate surface area is 202 Å². The average molecular weight is 476 g/mol. The van der Waals surface area contributed by atoms with Gasteiger partial charge < -0.3 is 5.32 Å². The van der Waals surface area contributed by atoms with Gasteiger partial charge in [0.25, 0.3) is 5.56 Å². The van der Waals surface area contributed by atoms with Crippen LogP contribution in [0.25, 0.3) is 15.9 Å². The minimum absolute atomic E-state index is 0.0110. The maximum atomic E-state index is 13.0. The second-order valence-electron chi connectivity index (χ2n) is 8.86. The first-order chi connectivity index (χ1) is 16.6. The Bertz CT molecular complexity index is 1370. The van der Waals surface area contributed by atoms with E-state index in [-0.39, 0.29) is 17.9 Å². The highest BCUT2D eigenvalue weighted by molar-refractivity contribution is 7.18. The maximum absolute atomic E-state index is 13.0. The lowest BCUT2D eigenvalue weighted by Crippen LogP contribution is -2.28. The third kappa shape index (κ3) is 4.68. The van der Waals surface area contributed by atoms with Gasteiger partial charge in [-0.25, -0.2) is 9.67 Å². The Hall–Kier alpha value is -3.26. The SMILES string of the molecule is Cc1nn(-c2ccccc2)cc1CCCNC(=O)CCn1cnc2sc3c(c2c1=O)CCCC3. The number of hydrogen-bond acceptors (Lipinski definition) is 5. The van der Waals surface area contributed by atoms with Crippen LogP contribution in [0.3, 0.4) is 0 Å². The zero-order valence-corrected chi connectivity index (χ0v) is 20.2. The van der Waals surface area contributed by atoms with E-state index in [4.69, 9.17) is 0 Å². The predicted molar refractivity (Wildman–Crippen MR) is 135 cm³/mol. The zero-order valence-electron chi connectivity index (χ0n) is 19.4. The third-order valence-electron chi connectivity index (χ3n) is 6.49. The smallest absolute Gasteiger partial charge is 0.262 e. The van der Waals surface area contributed by atoms with Gasteiger partial charge in [0.2, 0.25) is 5.91 Å². The maximum Gasteiger partial charge on any atom is 0.262 e. The molecule has 8 heteroatoms. The van der Waals surface area contributed by atoms with Gasteiger partial charge >= 0.3 is 0 Å². The average Bonchev–Trinajstić information content (AvgIpc) is 3.42. The molecule has 1 amide bonds. The van der Waals surface area contributed by atoms with Crippen LogP contribution in [-0.2, 0) is 30.6 Å². The molecule has 1 aromatic carbocycles. The summed E-state index contributed by atoms with van der Waals surface area (Å²) in [6, 6.07) is 10.0. The van der Waals surface area contributed by atoms with Gasteiger partial charge in [-0.3, -0.25) is 14.2 Å². The summed E-state index contributed by atoms with van der Waals surface area (Å²) in [6.45, 7) is 2.96. The van der Waals surface area contributed by atoms with Gasteiger partial charge in [0.05, 0.1) is 23.1 Å². The molecule has 34 heavy (non-hydrogen) atoms. The minimum atomic E-state index is -0.0453. The second-order valence-corrected chi connectivity index (χ2v) is 9.94. The summed E-state index contributed by atoms with van der Waals surface area (Å²) >= 11 is 1.65. The first-order valence-electron chi connectivity index (χ1n) is 12.0. The lowest BCUT2D eigenvalue weighted by molar-refractivity contribution is -0.121. The van der Waals surface area contributed by atoms with Crippen LogP contribution in [0.1, 0.15) is 47.4 Å². The van der Waals surface area contributed by atoms with Crippen molar-refractivity contribution in [3.05, 3.63) is 74.9 Å². The molecule has 0 fully saturated rings. The summed E-state index contributed by atoms with van der Waals surface area (Å²) < 4.78 is 3.49. The van der Waals surface area contributed by atoms with Gasteiger partial charge in [-0.1, -0.05) is 18.2 Å². The van der Waals surface area contributed by atoms with E-state index in [0.29, 0.717) is 13.1 Å². The molecule has 0 saturated carbocycles. The fourth-order valence-corrected chi connectivity index (χ4v) is 5.83. The van der Waals surface area contributed by atoms with Crippen molar-refractivity contribution in [3.8, 4) is 5.69 Å². The highest BCUT2D eigenvalue weighted by Crippen LogP contribution is 2.33. The molecule has 3 heterocycles. The van der Waals surface area contributed by atoms with Crippen LogP contribution in [0.2, 0.25) is 0 Å². The fourth-order valence-electron chi connectivity index (χ4n) is 4.61. The molecule has 1 aliphatic rings. The van der Waals surface area contributed by atoms with Crippen LogP contribution in [0.5, 0.6) is 0 Å². The van der Waals surface area contributed by atoms with Gasteiger partial charge in [0.15, 0.2) is 0 Å². The monoisotopic (exact) mass is 475 g/mol. The van der Waals surface area contributed by atoms with Crippen LogP contribution >= 0.6 is 11.3 Å². The van der Waals surface area contributed by atoms with Crippen molar-refractivity contribution < 1.29 is 4.79 Å². The Morgan fingerprint density at radius 3 is 2.85 bits per heavy atom. The van der Waals surface area contributed by atoms with Crippen LogP contribution < -0.4 is 10.9 Å². The summed E-state index contributed by atoms with van der Waals surface area (Å²) in [7, 11) is 0. The summed E-state index contributed by atoms with van der Waals surface area (Å²) in [5.41, 5.74) is 4.41. The van der Waals surface area contributed by atoms with Crippen molar-refractivity contribution in [2.45, 2.75) is 58.4 Å². The number of amides is 1. The Morgan fingerprint density at radius 1 is 1.18 bits per heavy atom. The van der Waals surface area contributed by atoms with Gasteiger partial charge in [-0.15, -0.1) is 11.3 Å². The molecule has 176 valence electrons. The fraction of sp³-hybridized carbons (Fsp3) is 0.385. The molecule has 0 saturated heterocycles. The van der Waals surface area contributed by atoms with Crippen molar-refractivity contribution >= 4 is 27.5 Å². The van der Waals surface area contributed by atoms with Crippen LogP contribution in [0.4, 0.5) is 0 Å². The van der Waals surface area contributed by atoms with E-state index >= 15 is 0 Å². The van der Waals surface area contributed by atoms with E-state index in [9.17, 15) is 9.59 Å². The van der Waals surface area contributed by atoms with Crippen LogP contribution in [-0.4, -0.2) is 31.8 Å². The van der Waals surface area contributed by atoms with E-state index in [1.165, 1.54) is 22.4 Å². The van der Waals surface area contributed by atoms with Crippen molar-refractivity contribution in [3.63, 3.8) is 0 Å². The van der Waals surface area contributed by atoms with Gasteiger partial charge in [0.1, 0.15) is 4.83 Å². The Morgan fingerprint density at radius 2 is 2.00 bits per heavy atom. The van der Waals surface area contributed by atoms with E-state index in [1.807, 2.05) is 41.9 Å². The van der Waals surface area contributed by atoms with Gasteiger partial charge in [-0.05, 0) is 68.7 Å². The molecule has 1 N–H and O–H groups in total. The first-order valence-corrected chi connectivity index (χ1v) is 12.8. The number of carbonyl (C=O) groups is 1. The van der Waals surface area contributed by atoms with Crippen molar-refractivity contribution in [2.24, 2.45) is 0 Å². The van der Waals surface area contributed by atoms with Crippen molar-refractivity contribution in [2.75, 3.05) is 6.54 Å². The molecule has 7 nitrogen and oxygen atoms in total. The lowest BCUT2D eigenvalue weighted by Gasteiger charge is -2.10. The Balaban J connectivity index is 1.12. The van der Waals surface area contributed by atoms with Gasteiger partial charge in [0, 0.05) is 30.6 Å². The predicted octanol–water partition coefficient (Wildman–Crippen LogP) is 3.97. The molecule has 0 radical (unpaired) electrons. The normalized spacial score (nSPS) is 13.2. The molecule has 0 atom stereocenters. The number of para-hydroxylation sites is 1. The number of aryl methyl sites for hydroxylation is 5. The molecule has 0 unspecified atom stereocenters. The summed E-state index contributed by atoms with van der Waals surface area (Å²) in [5, 5.41) is 8.36. The number of carbonyl (C=O) groups excluding carboxylic acids is 1. The number of hydrogen-bond donors (Lipinski definition) is 1. The number of aromatic nitrogens is 4. The highest BCUT2D eigenvalue weighted by Gasteiger charge is 2.20. The van der Waals surface area contributed by atoms with Crippen molar-refractivity contribution in [1.82, 2.24) is 24.6 Å². The van der Waals surface area contributed by atoms with Gasteiger partial charge in [-0.2, -0.15) is 5.10 Å². The summed E-state index contributed by atoms with van der Waals surface area (Å²) in [4.78, 5) is 32.1. The first kappa shape index (κ1) is 22.5. The minimum Gasteiger partial charge on any atom is -0.356 e. The third-order valence-corrected chi connectivity index (χ3v) is 7.69. The highest BCUT2D eigenvalue weighted by atomic mass is 32.1. The molecular formula is C26H29N5O2S. The number of nitrogens with one attached hydrogen (secondary N) is 1. The van der Waals surface area contributed by atoms with Crippen molar-refractivity contribution in [1.29, 1.82) is 0 Å². The topological polar surface area (TPSA) is 81.8 Å². The number of benzene rings is 1. The van der Waals surface area contributed by atoms with E-state index in [1.54, 1.807) is 22.2 Å². The molecule has 3 aromatic heterocycles. The molecular weight excluding hydrogens is 446 g/mol. The quantitative estimate of drug-likeness (QED) is 0.391. The largest absolute Gasteiger partial charge is 0.356 e. The lowest BCUT2D eigenvalue weighted by atomic mass is 9.97. The number of fused-ring (bicyclic) bond motifs is 3. The molecule has 5 rings (SSSR count). The molecule has 4 aromatic rings. The number of rotatable bonds is 8. The summed E-state index contributed by atoms with van der Waals surface area (Å²) in [5.74, 6) is -0.0453. The molecule has 0 bridgehead atoms. The Kier molecular flexibility index (Phi) is 6.58. The standard InChI is InChI=1S/C26H29N5O2S/c1-18-19(16-31(29-18)20-9-3-2-4-10-20)8-7-14-27-23(32)13-15-30-17-28-25-24(26(30)33)21-11-5-6-12-22(21)34-25/h2-4,9-10,16-17H,5-8,11-15H2,1H3,(H,27,32). The van der Waals surface area contributed by atoms with Crippen LogP contribution in [0.15, 0.2) is 47.7 Å². The van der Waals surface area contributed by atoms with E-state index < -0.39 is 0 Å². The van der Waals surface area contributed by atoms with Crippen LogP contribution in [0, 0.1) is 6.92 Å². The van der Waals surface area contributed by atoms with E-state index in [0.717, 1.165) is 53.7 Å². The second kappa shape index (κ2) is 9.93. The number of thiophene rings is 1. The molecule has 0 aliphatic heterocycles. The molecule has 1 aliphatic carbocycles. The van der Waals surface area contributed by atoms with E-state index in [2.05, 4.69) is 21.6 Å². The molecule has 0 spiro atoms.